The summed E-state index contributed by atoms with van der Waals surface area (Å²) in [5.74, 6) is 1.82. The van der Waals surface area contributed by atoms with Gasteiger partial charge in [-0.2, -0.15) is 0 Å². The van der Waals surface area contributed by atoms with Gasteiger partial charge < -0.3 is 9.42 Å². The van der Waals surface area contributed by atoms with E-state index in [4.69, 9.17) is 4.52 Å². The minimum absolute atomic E-state index is 0.102. The summed E-state index contributed by atoms with van der Waals surface area (Å²) in [6.07, 6.45) is 0. The van der Waals surface area contributed by atoms with E-state index in [1.807, 2.05) is 48.2 Å². The van der Waals surface area contributed by atoms with Gasteiger partial charge in [0.05, 0.1) is 22.5 Å². The van der Waals surface area contributed by atoms with Gasteiger partial charge in [-0.15, -0.1) is 11.3 Å². The monoisotopic (exact) mass is 464 g/mol. The Kier molecular flexibility index (Phi) is 6.25. The van der Waals surface area contributed by atoms with E-state index >= 15 is 0 Å². The summed E-state index contributed by atoms with van der Waals surface area (Å²) < 4.78 is 7.60. The van der Waals surface area contributed by atoms with Crippen molar-refractivity contribution in [2.45, 2.75) is 23.6 Å². The first-order chi connectivity index (χ1) is 15.6. The lowest BCUT2D eigenvalue weighted by Crippen LogP contribution is -2.48. The third kappa shape index (κ3) is 4.87. The van der Waals surface area contributed by atoms with Gasteiger partial charge in [0.15, 0.2) is 10.1 Å². The molecule has 1 saturated heterocycles. The number of nitrogens with zero attached hydrogens (tertiary/aromatic N) is 4. The Balaban J connectivity index is 1.13. The van der Waals surface area contributed by atoms with Crippen LogP contribution in [0, 0.1) is 6.92 Å². The maximum Gasteiger partial charge on any atom is 0.253 e. The van der Waals surface area contributed by atoms with Gasteiger partial charge in [-0.25, -0.2) is 4.98 Å². The molecule has 4 aromatic rings. The maximum absolute atomic E-state index is 12.9. The molecule has 1 aliphatic rings. The molecular weight excluding hydrogens is 440 g/mol. The molecule has 0 unspecified atom stereocenters. The lowest BCUT2D eigenvalue weighted by molar-refractivity contribution is 0.0617. The van der Waals surface area contributed by atoms with Gasteiger partial charge in [0, 0.05) is 43.6 Å². The SMILES string of the molecule is Cc1cc(CN2CCN(C(=O)c3ccc(CSc4nc5ccccc5s4)cc3)CC2)on1. The largest absolute Gasteiger partial charge is 0.360 e. The molecule has 0 saturated carbocycles. The summed E-state index contributed by atoms with van der Waals surface area (Å²) >= 11 is 3.46. The smallest absolute Gasteiger partial charge is 0.253 e. The highest BCUT2D eigenvalue weighted by atomic mass is 32.2. The highest BCUT2D eigenvalue weighted by Crippen LogP contribution is 2.31. The third-order valence-electron chi connectivity index (χ3n) is 5.55. The molecule has 0 spiro atoms. The first-order valence-electron chi connectivity index (χ1n) is 10.7. The van der Waals surface area contributed by atoms with Gasteiger partial charge in [0.25, 0.3) is 5.91 Å². The summed E-state index contributed by atoms with van der Waals surface area (Å²) in [7, 11) is 0. The molecule has 1 fully saturated rings. The number of amides is 1. The van der Waals surface area contributed by atoms with E-state index in [1.54, 1.807) is 23.1 Å². The molecule has 6 nitrogen and oxygen atoms in total. The van der Waals surface area contributed by atoms with Crippen LogP contribution in [-0.2, 0) is 12.3 Å². The summed E-state index contributed by atoms with van der Waals surface area (Å²) in [5, 5.41) is 3.94. The molecule has 32 heavy (non-hydrogen) atoms. The van der Waals surface area contributed by atoms with E-state index in [0.29, 0.717) is 0 Å². The number of thioether (sulfide) groups is 1. The minimum atomic E-state index is 0.102. The molecule has 0 radical (unpaired) electrons. The van der Waals surface area contributed by atoms with Crippen molar-refractivity contribution in [3.8, 4) is 0 Å². The minimum Gasteiger partial charge on any atom is -0.360 e. The van der Waals surface area contributed by atoms with Crippen LogP contribution in [0.5, 0.6) is 0 Å². The van der Waals surface area contributed by atoms with Crippen LogP contribution >= 0.6 is 23.1 Å². The first kappa shape index (κ1) is 21.2. The maximum atomic E-state index is 12.9. The number of fused-ring (bicyclic) bond motifs is 1. The molecule has 3 heterocycles. The van der Waals surface area contributed by atoms with Crippen molar-refractivity contribution in [2.75, 3.05) is 26.2 Å². The topological polar surface area (TPSA) is 62.5 Å². The van der Waals surface area contributed by atoms with Crippen molar-refractivity contribution in [2.24, 2.45) is 0 Å². The second-order valence-electron chi connectivity index (χ2n) is 7.94. The lowest BCUT2D eigenvalue weighted by Gasteiger charge is -2.34. The second-order valence-corrected chi connectivity index (χ2v) is 10.2. The zero-order valence-corrected chi connectivity index (χ0v) is 19.5. The van der Waals surface area contributed by atoms with Crippen molar-refractivity contribution in [3.63, 3.8) is 0 Å². The molecular formula is C24H24N4O2S2. The number of carbonyl (C=O) groups excluding carboxylic acids is 1. The fourth-order valence-corrected chi connectivity index (χ4v) is 5.83. The van der Waals surface area contributed by atoms with Crippen LogP contribution in [0.15, 0.2) is 63.5 Å². The average molecular weight is 465 g/mol. The quantitative estimate of drug-likeness (QED) is 0.381. The molecule has 2 aromatic carbocycles. The van der Waals surface area contributed by atoms with Crippen molar-refractivity contribution < 1.29 is 9.32 Å². The highest BCUT2D eigenvalue weighted by molar-refractivity contribution is 8.00. The van der Waals surface area contributed by atoms with Crippen LogP contribution < -0.4 is 0 Å². The van der Waals surface area contributed by atoms with Crippen LogP contribution in [0.4, 0.5) is 0 Å². The average Bonchev–Trinajstić information content (AvgIpc) is 3.43. The number of thiazole rings is 1. The molecule has 1 aliphatic heterocycles. The molecule has 164 valence electrons. The fraction of sp³-hybridized carbons (Fsp3) is 0.292. The number of rotatable bonds is 6. The third-order valence-corrected chi connectivity index (χ3v) is 7.80. The summed E-state index contributed by atoms with van der Waals surface area (Å²) in [4.78, 5) is 21.8. The van der Waals surface area contributed by atoms with Crippen LogP contribution in [0.2, 0.25) is 0 Å². The van der Waals surface area contributed by atoms with E-state index in [0.717, 1.165) is 65.4 Å². The number of benzene rings is 2. The Morgan fingerprint density at radius 3 is 2.59 bits per heavy atom. The zero-order valence-electron chi connectivity index (χ0n) is 17.9. The van der Waals surface area contributed by atoms with E-state index in [-0.39, 0.29) is 5.91 Å². The normalized spacial score (nSPS) is 14.8. The lowest BCUT2D eigenvalue weighted by atomic mass is 10.1. The van der Waals surface area contributed by atoms with Gasteiger partial charge in [0.1, 0.15) is 0 Å². The molecule has 0 aliphatic carbocycles. The van der Waals surface area contributed by atoms with Gasteiger partial charge in [-0.1, -0.05) is 41.2 Å². The molecule has 2 aromatic heterocycles. The molecule has 8 heteroatoms. The number of hydrogen-bond acceptors (Lipinski definition) is 7. The predicted octanol–water partition coefficient (Wildman–Crippen LogP) is 4.84. The number of carbonyl (C=O) groups is 1. The number of aryl methyl sites for hydroxylation is 1. The second kappa shape index (κ2) is 9.44. The van der Waals surface area contributed by atoms with E-state index in [9.17, 15) is 4.79 Å². The zero-order chi connectivity index (χ0) is 21.9. The Morgan fingerprint density at radius 1 is 1.09 bits per heavy atom. The predicted molar refractivity (Wildman–Crippen MR) is 128 cm³/mol. The first-order valence-corrected chi connectivity index (χ1v) is 12.5. The van der Waals surface area contributed by atoms with E-state index in [1.165, 1.54) is 10.3 Å². The van der Waals surface area contributed by atoms with Crippen LogP contribution in [0.3, 0.4) is 0 Å². The number of aromatic nitrogens is 2. The summed E-state index contributed by atoms with van der Waals surface area (Å²) in [6, 6.07) is 18.2. The van der Waals surface area contributed by atoms with Crippen LogP contribution in [0.25, 0.3) is 10.2 Å². The van der Waals surface area contributed by atoms with Gasteiger partial charge in [-0.05, 0) is 36.8 Å². The van der Waals surface area contributed by atoms with Gasteiger partial charge >= 0.3 is 0 Å². The Hall–Kier alpha value is -2.68. The summed E-state index contributed by atoms with van der Waals surface area (Å²) in [6.45, 7) is 5.78. The van der Waals surface area contributed by atoms with Crippen molar-refractivity contribution in [3.05, 3.63) is 77.2 Å². The number of para-hydroxylation sites is 1. The van der Waals surface area contributed by atoms with Gasteiger partial charge in [0.2, 0.25) is 0 Å². The standard InChI is InChI=1S/C24H24N4O2S2/c1-17-14-20(30-26-17)15-27-10-12-28(13-11-27)23(29)19-8-6-18(7-9-19)16-31-24-25-21-4-2-3-5-22(21)32-24/h2-9,14H,10-13,15-16H2,1H3. The molecule has 1 amide bonds. The number of hydrogen-bond donors (Lipinski definition) is 0. The Bertz CT molecular complexity index is 1180. The number of piperazine rings is 1. The van der Waals surface area contributed by atoms with E-state index in [2.05, 4.69) is 33.2 Å². The van der Waals surface area contributed by atoms with Crippen LogP contribution in [-0.4, -0.2) is 52.0 Å². The molecule has 0 N–H and O–H groups in total. The summed E-state index contributed by atoms with van der Waals surface area (Å²) in [5.41, 5.74) is 3.89. The molecule has 0 atom stereocenters. The molecule has 0 bridgehead atoms. The van der Waals surface area contributed by atoms with Crippen molar-refractivity contribution >= 4 is 39.2 Å². The highest BCUT2D eigenvalue weighted by Gasteiger charge is 2.23. The van der Waals surface area contributed by atoms with Gasteiger partial charge in [-0.3, -0.25) is 9.69 Å². The van der Waals surface area contributed by atoms with Crippen molar-refractivity contribution in [1.82, 2.24) is 19.9 Å². The Morgan fingerprint density at radius 2 is 1.88 bits per heavy atom. The fourth-order valence-electron chi connectivity index (χ4n) is 3.80. The molecule has 5 rings (SSSR count). The van der Waals surface area contributed by atoms with Crippen molar-refractivity contribution in [1.29, 1.82) is 0 Å². The Labute approximate surface area is 195 Å². The van der Waals surface area contributed by atoms with Crippen LogP contribution in [0.1, 0.15) is 27.4 Å². The van der Waals surface area contributed by atoms with E-state index < -0.39 is 0 Å².